The third kappa shape index (κ3) is 6.38. The number of aliphatic carboxylic acids is 1. The van der Waals surface area contributed by atoms with E-state index in [1.807, 2.05) is 13.2 Å². The van der Waals surface area contributed by atoms with E-state index >= 15 is 0 Å². The molecule has 0 aromatic heterocycles. The lowest BCUT2D eigenvalue weighted by Crippen LogP contribution is -2.44. The number of thioether (sulfide) groups is 1. The molecule has 6 nitrogen and oxygen atoms in total. The van der Waals surface area contributed by atoms with Crippen LogP contribution in [-0.2, 0) is 4.79 Å². The second kappa shape index (κ2) is 8.19. The van der Waals surface area contributed by atoms with Crippen LogP contribution in [0.1, 0.15) is 13.3 Å². The number of carbonyl (C=O) groups excluding carboxylic acids is 1. The van der Waals surface area contributed by atoms with Crippen LogP contribution < -0.4 is 5.32 Å². The van der Waals surface area contributed by atoms with Crippen LogP contribution in [0.25, 0.3) is 0 Å². The van der Waals surface area contributed by atoms with E-state index in [1.165, 1.54) is 0 Å². The first kappa shape index (κ1) is 16.1. The van der Waals surface area contributed by atoms with E-state index in [0.29, 0.717) is 0 Å². The van der Waals surface area contributed by atoms with E-state index in [-0.39, 0.29) is 25.0 Å². The number of amides is 2. The predicted molar refractivity (Wildman–Crippen MR) is 67.3 cm³/mol. The topological polar surface area (TPSA) is 89.9 Å². The zero-order chi connectivity index (χ0) is 13.4. The Morgan fingerprint density at radius 3 is 2.53 bits per heavy atom. The highest BCUT2D eigenvalue weighted by Gasteiger charge is 2.16. The highest BCUT2D eigenvalue weighted by atomic mass is 32.2. The van der Waals surface area contributed by atoms with Gasteiger partial charge in [0.25, 0.3) is 0 Å². The maximum Gasteiger partial charge on any atom is 0.332 e. The fourth-order valence-corrected chi connectivity index (χ4v) is 1.82. The third-order valence-corrected chi connectivity index (χ3v) is 3.18. The van der Waals surface area contributed by atoms with Crippen molar-refractivity contribution in [2.75, 3.05) is 25.6 Å². The molecule has 2 unspecified atom stereocenters. The van der Waals surface area contributed by atoms with Crippen LogP contribution in [0.4, 0.5) is 4.79 Å². The normalized spacial score (nSPS) is 13.9. The summed E-state index contributed by atoms with van der Waals surface area (Å²) in [5.41, 5.74) is 0. The Hall–Kier alpha value is -0.950. The van der Waals surface area contributed by atoms with Crippen LogP contribution in [0.2, 0.25) is 0 Å². The lowest BCUT2D eigenvalue weighted by molar-refractivity contribution is -0.146. The van der Waals surface area contributed by atoms with Gasteiger partial charge < -0.3 is 20.4 Å². The fraction of sp³-hybridized carbons (Fsp3) is 0.800. The predicted octanol–water partition coefficient (Wildman–Crippen LogP) is 0.215. The van der Waals surface area contributed by atoms with Gasteiger partial charge in [-0.25, -0.2) is 9.59 Å². The second-order valence-corrected chi connectivity index (χ2v) is 4.70. The summed E-state index contributed by atoms with van der Waals surface area (Å²) in [7, 11) is 1.68. The molecular formula is C10H20N2O4S. The number of carboxylic acid groups (broad SMARTS) is 1. The van der Waals surface area contributed by atoms with Gasteiger partial charge in [-0.15, -0.1) is 0 Å². The van der Waals surface area contributed by atoms with Crippen LogP contribution in [0.5, 0.6) is 0 Å². The minimum absolute atomic E-state index is 0.00578. The number of hydrogen-bond donors (Lipinski definition) is 3. The van der Waals surface area contributed by atoms with Crippen LogP contribution in [-0.4, -0.2) is 64.9 Å². The SMILES string of the molecule is CSCC(C)N(C)C(=O)NCCC(O)C(=O)O. The Morgan fingerprint density at radius 1 is 1.47 bits per heavy atom. The van der Waals surface area contributed by atoms with Crippen molar-refractivity contribution in [2.45, 2.75) is 25.5 Å². The van der Waals surface area contributed by atoms with Crippen LogP contribution in [0.3, 0.4) is 0 Å². The molecule has 0 aliphatic carbocycles. The van der Waals surface area contributed by atoms with Gasteiger partial charge in [0.2, 0.25) is 0 Å². The Kier molecular flexibility index (Phi) is 7.73. The summed E-state index contributed by atoms with van der Waals surface area (Å²) in [6, 6.07) is -0.154. The highest BCUT2D eigenvalue weighted by molar-refractivity contribution is 7.98. The molecule has 0 saturated heterocycles. The summed E-state index contributed by atoms with van der Waals surface area (Å²) >= 11 is 1.65. The number of urea groups is 1. The number of nitrogens with zero attached hydrogens (tertiary/aromatic N) is 1. The molecule has 0 bridgehead atoms. The first-order chi connectivity index (χ1) is 7.90. The fourth-order valence-electron chi connectivity index (χ4n) is 1.12. The van der Waals surface area contributed by atoms with Crippen molar-refractivity contribution in [2.24, 2.45) is 0 Å². The molecule has 3 N–H and O–H groups in total. The summed E-state index contributed by atoms with van der Waals surface area (Å²) in [6.07, 6.45) is 0.543. The quantitative estimate of drug-likeness (QED) is 0.612. The number of carbonyl (C=O) groups is 2. The van der Waals surface area contributed by atoms with Gasteiger partial charge in [-0.3, -0.25) is 0 Å². The first-order valence-corrected chi connectivity index (χ1v) is 6.70. The summed E-state index contributed by atoms with van der Waals surface area (Å²) in [5.74, 6) is -0.440. The van der Waals surface area contributed by atoms with Crippen molar-refractivity contribution in [3.63, 3.8) is 0 Å². The van der Waals surface area contributed by atoms with Gasteiger partial charge in [0.05, 0.1) is 0 Å². The zero-order valence-electron chi connectivity index (χ0n) is 10.3. The van der Waals surface area contributed by atoms with E-state index in [9.17, 15) is 9.59 Å². The molecule has 17 heavy (non-hydrogen) atoms. The maximum atomic E-state index is 11.6. The standard InChI is InChI=1S/C10H20N2O4S/c1-7(6-17-3)12(2)10(16)11-5-4-8(13)9(14)15/h7-8,13H,4-6H2,1-3H3,(H,11,16)(H,14,15). The summed E-state index contributed by atoms with van der Waals surface area (Å²) < 4.78 is 0. The summed E-state index contributed by atoms with van der Waals surface area (Å²) in [6.45, 7) is 2.07. The Morgan fingerprint density at radius 2 is 2.06 bits per heavy atom. The first-order valence-electron chi connectivity index (χ1n) is 5.30. The van der Waals surface area contributed by atoms with Gasteiger partial charge in [0.1, 0.15) is 0 Å². The average Bonchev–Trinajstić information content (AvgIpc) is 2.27. The molecule has 7 heteroatoms. The van der Waals surface area contributed by atoms with Gasteiger partial charge in [0.15, 0.2) is 6.10 Å². The molecule has 0 fully saturated rings. The van der Waals surface area contributed by atoms with Crippen LogP contribution in [0, 0.1) is 0 Å². The van der Waals surface area contributed by atoms with Crippen LogP contribution >= 0.6 is 11.8 Å². The smallest absolute Gasteiger partial charge is 0.332 e. The second-order valence-electron chi connectivity index (χ2n) is 3.79. The monoisotopic (exact) mass is 264 g/mol. The lowest BCUT2D eigenvalue weighted by Gasteiger charge is -2.24. The van der Waals surface area contributed by atoms with Crippen molar-refractivity contribution < 1.29 is 19.8 Å². The van der Waals surface area contributed by atoms with E-state index in [4.69, 9.17) is 10.2 Å². The Bertz CT molecular complexity index is 263. The molecule has 0 aliphatic heterocycles. The minimum atomic E-state index is -1.43. The Balaban J connectivity index is 3.89. The molecular weight excluding hydrogens is 244 g/mol. The molecule has 2 amide bonds. The summed E-state index contributed by atoms with van der Waals surface area (Å²) in [5, 5.41) is 20.0. The molecule has 0 saturated carbocycles. The maximum absolute atomic E-state index is 11.6. The van der Waals surface area contributed by atoms with Gasteiger partial charge in [-0.05, 0) is 13.2 Å². The van der Waals surface area contributed by atoms with Gasteiger partial charge in [-0.1, -0.05) is 0 Å². The molecule has 0 radical (unpaired) electrons. The van der Waals surface area contributed by atoms with Crippen molar-refractivity contribution in [1.29, 1.82) is 0 Å². The molecule has 2 atom stereocenters. The number of aliphatic hydroxyl groups excluding tert-OH is 1. The molecule has 0 spiro atoms. The van der Waals surface area contributed by atoms with E-state index in [0.717, 1.165) is 5.75 Å². The van der Waals surface area contributed by atoms with Crippen molar-refractivity contribution in [3.05, 3.63) is 0 Å². The van der Waals surface area contributed by atoms with E-state index in [1.54, 1.807) is 23.7 Å². The lowest BCUT2D eigenvalue weighted by atomic mass is 10.2. The van der Waals surface area contributed by atoms with E-state index in [2.05, 4.69) is 5.32 Å². The summed E-state index contributed by atoms with van der Waals surface area (Å²) in [4.78, 5) is 23.5. The number of hydrogen-bond acceptors (Lipinski definition) is 4. The Labute approximate surface area is 105 Å². The van der Waals surface area contributed by atoms with Crippen molar-refractivity contribution in [3.8, 4) is 0 Å². The van der Waals surface area contributed by atoms with Crippen molar-refractivity contribution in [1.82, 2.24) is 10.2 Å². The van der Waals surface area contributed by atoms with Gasteiger partial charge >= 0.3 is 12.0 Å². The number of nitrogens with one attached hydrogen (secondary N) is 1. The average molecular weight is 264 g/mol. The van der Waals surface area contributed by atoms with Gasteiger partial charge in [0, 0.05) is 31.8 Å². The molecule has 0 aromatic carbocycles. The highest BCUT2D eigenvalue weighted by Crippen LogP contribution is 2.03. The number of rotatable bonds is 7. The molecule has 100 valence electrons. The molecule has 0 heterocycles. The third-order valence-electron chi connectivity index (χ3n) is 2.37. The number of carboxylic acids is 1. The molecule has 0 aromatic rings. The molecule has 0 aliphatic rings. The largest absolute Gasteiger partial charge is 0.479 e. The number of aliphatic hydroxyl groups is 1. The molecule has 0 rings (SSSR count). The van der Waals surface area contributed by atoms with Gasteiger partial charge in [-0.2, -0.15) is 11.8 Å². The van der Waals surface area contributed by atoms with Crippen molar-refractivity contribution >= 4 is 23.8 Å². The zero-order valence-corrected chi connectivity index (χ0v) is 11.2. The van der Waals surface area contributed by atoms with E-state index < -0.39 is 12.1 Å². The van der Waals surface area contributed by atoms with Crippen LogP contribution in [0.15, 0.2) is 0 Å². The minimum Gasteiger partial charge on any atom is -0.479 e.